The highest BCUT2D eigenvalue weighted by Gasteiger charge is 2.28. The lowest BCUT2D eigenvalue weighted by atomic mass is 9.92. The molecule has 120 valence electrons. The molecule has 2 atom stereocenters. The molecule has 0 radical (unpaired) electrons. The van der Waals surface area contributed by atoms with Gasteiger partial charge in [0.2, 0.25) is 5.91 Å². The average Bonchev–Trinajstić information content (AvgIpc) is 2.46. The van der Waals surface area contributed by atoms with Gasteiger partial charge in [0.05, 0.1) is 13.7 Å². The van der Waals surface area contributed by atoms with Crippen LogP contribution in [0.1, 0.15) is 20.3 Å². The van der Waals surface area contributed by atoms with Gasteiger partial charge in [-0.15, -0.1) is 0 Å². The van der Waals surface area contributed by atoms with Crippen molar-refractivity contribution < 1.29 is 14.3 Å². The van der Waals surface area contributed by atoms with E-state index in [2.05, 4.69) is 18.7 Å². The van der Waals surface area contributed by atoms with Crippen LogP contribution >= 0.6 is 0 Å². The van der Waals surface area contributed by atoms with E-state index in [9.17, 15) is 9.59 Å². The number of hydrogen-bond acceptors (Lipinski definition) is 4. The van der Waals surface area contributed by atoms with E-state index in [0.29, 0.717) is 31.5 Å². The van der Waals surface area contributed by atoms with Crippen molar-refractivity contribution in [2.75, 3.05) is 52.9 Å². The Bertz CT molecular complexity index is 370. The largest absolute Gasteiger partial charge is 0.453 e. The predicted molar refractivity (Wildman–Crippen MR) is 79.9 cm³/mol. The molecule has 0 spiro atoms. The molecule has 2 unspecified atom stereocenters. The molecule has 0 aliphatic carbocycles. The van der Waals surface area contributed by atoms with Crippen LogP contribution in [0.4, 0.5) is 4.79 Å². The predicted octanol–water partition coefficient (Wildman–Crippen LogP) is 0.875. The van der Waals surface area contributed by atoms with Gasteiger partial charge in [0, 0.05) is 39.3 Å². The number of rotatable bonds is 2. The van der Waals surface area contributed by atoms with Crippen LogP contribution in [0, 0.1) is 11.8 Å². The minimum absolute atomic E-state index is 0.222. The maximum atomic E-state index is 12.4. The maximum Gasteiger partial charge on any atom is 0.409 e. The molecule has 2 aliphatic rings. The number of carbonyl (C=O) groups excluding carboxylic acids is 2. The molecular formula is C15H27N3O3. The van der Waals surface area contributed by atoms with Crippen LogP contribution in [0.15, 0.2) is 0 Å². The standard InChI is InChI=1S/C15H27N3O3/c1-12-8-13(2)10-18(9-12)14(19)11-16-4-6-17(7-5-16)15(20)21-3/h12-13H,4-11H2,1-3H3. The first-order valence-electron chi connectivity index (χ1n) is 7.82. The summed E-state index contributed by atoms with van der Waals surface area (Å²) in [4.78, 5) is 29.7. The van der Waals surface area contributed by atoms with Gasteiger partial charge in [-0.3, -0.25) is 9.69 Å². The fourth-order valence-electron chi connectivity index (χ4n) is 3.38. The fourth-order valence-corrected chi connectivity index (χ4v) is 3.38. The van der Waals surface area contributed by atoms with Crippen molar-refractivity contribution >= 4 is 12.0 Å². The second-order valence-electron chi connectivity index (χ2n) is 6.48. The van der Waals surface area contributed by atoms with Crippen molar-refractivity contribution in [3.63, 3.8) is 0 Å². The summed E-state index contributed by atoms with van der Waals surface area (Å²) in [7, 11) is 1.40. The third kappa shape index (κ3) is 4.33. The molecule has 2 saturated heterocycles. The van der Waals surface area contributed by atoms with Crippen LogP contribution in [-0.4, -0.2) is 79.6 Å². The highest BCUT2D eigenvalue weighted by atomic mass is 16.5. The van der Waals surface area contributed by atoms with E-state index < -0.39 is 0 Å². The first kappa shape index (κ1) is 16.1. The monoisotopic (exact) mass is 297 g/mol. The molecule has 2 fully saturated rings. The Morgan fingerprint density at radius 2 is 1.57 bits per heavy atom. The van der Waals surface area contributed by atoms with Gasteiger partial charge in [-0.25, -0.2) is 4.79 Å². The zero-order valence-electron chi connectivity index (χ0n) is 13.4. The van der Waals surface area contributed by atoms with E-state index in [-0.39, 0.29) is 12.0 Å². The summed E-state index contributed by atoms with van der Waals surface area (Å²) in [5.41, 5.74) is 0. The smallest absolute Gasteiger partial charge is 0.409 e. The van der Waals surface area contributed by atoms with E-state index in [0.717, 1.165) is 26.2 Å². The molecule has 0 N–H and O–H groups in total. The quantitative estimate of drug-likeness (QED) is 0.759. The second-order valence-corrected chi connectivity index (χ2v) is 6.48. The van der Waals surface area contributed by atoms with Gasteiger partial charge in [-0.2, -0.15) is 0 Å². The fraction of sp³-hybridized carbons (Fsp3) is 0.867. The molecule has 2 amide bonds. The molecule has 21 heavy (non-hydrogen) atoms. The summed E-state index contributed by atoms with van der Waals surface area (Å²) >= 11 is 0. The summed E-state index contributed by atoms with van der Waals surface area (Å²) in [6, 6.07) is 0. The topological polar surface area (TPSA) is 53.1 Å². The zero-order chi connectivity index (χ0) is 15.4. The van der Waals surface area contributed by atoms with Crippen LogP contribution in [0.5, 0.6) is 0 Å². The highest BCUT2D eigenvalue weighted by molar-refractivity contribution is 5.78. The number of nitrogens with zero attached hydrogens (tertiary/aromatic N) is 3. The zero-order valence-corrected chi connectivity index (χ0v) is 13.4. The maximum absolute atomic E-state index is 12.4. The third-order valence-electron chi connectivity index (χ3n) is 4.39. The van der Waals surface area contributed by atoms with Gasteiger partial charge < -0.3 is 14.5 Å². The Hall–Kier alpha value is -1.30. The number of methoxy groups -OCH3 is 1. The lowest BCUT2D eigenvalue weighted by Crippen LogP contribution is -2.53. The van der Waals surface area contributed by atoms with E-state index in [1.165, 1.54) is 13.5 Å². The number of ether oxygens (including phenoxy) is 1. The molecule has 6 nitrogen and oxygen atoms in total. The van der Waals surface area contributed by atoms with Crippen molar-refractivity contribution in [2.45, 2.75) is 20.3 Å². The minimum atomic E-state index is -0.278. The van der Waals surface area contributed by atoms with Gasteiger partial charge >= 0.3 is 6.09 Å². The van der Waals surface area contributed by atoms with Crippen LogP contribution in [-0.2, 0) is 9.53 Å². The third-order valence-corrected chi connectivity index (χ3v) is 4.39. The SMILES string of the molecule is COC(=O)N1CCN(CC(=O)N2CC(C)CC(C)C2)CC1. The average molecular weight is 297 g/mol. The molecule has 2 heterocycles. The van der Waals surface area contributed by atoms with Crippen LogP contribution in [0.25, 0.3) is 0 Å². The molecule has 0 aromatic carbocycles. The number of likely N-dealkylation sites (tertiary alicyclic amines) is 1. The van der Waals surface area contributed by atoms with E-state index >= 15 is 0 Å². The van der Waals surface area contributed by atoms with Gasteiger partial charge in [-0.05, 0) is 18.3 Å². The molecule has 0 bridgehead atoms. The number of piperazine rings is 1. The Morgan fingerprint density at radius 1 is 1.00 bits per heavy atom. The summed E-state index contributed by atoms with van der Waals surface area (Å²) in [5.74, 6) is 1.41. The van der Waals surface area contributed by atoms with Crippen LogP contribution in [0.2, 0.25) is 0 Å². The number of piperidine rings is 1. The molecule has 6 heteroatoms. The van der Waals surface area contributed by atoms with Gasteiger partial charge in [0.15, 0.2) is 0 Å². The Labute approximate surface area is 127 Å². The first-order valence-corrected chi connectivity index (χ1v) is 7.82. The van der Waals surface area contributed by atoms with Crippen molar-refractivity contribution in [1.29, 1.82) is 0 Å². The molecule has 0 aromatic rings. The Kier molecular flexibility index (Phi) is 5.45. The van der Waals surface area contributed by atoms with E-state index in [4.69, 9.17) is 4.74 Å². The van der Waals surface area contributed by atoms with Crippen molar-refractivity contribution in [3.05, 3.63) is 0 Å². The van der Waals surface area contributed by atoms with Crippen LogP contribution < -0.4 is 0 Å². The molecule has 0 saturated carbocycles. The lowest BCUT2D eigenvalue weighted by molar-refractivity contribution is -0.135. The van der Waals surface area contributed by atoms with Gasteiger partial charge in [-0.1, -0.05) is 13.8 Å². The van der Waals surface area contributed by atoms with E-state index in [1.807, 2.05) is 4.90 Å². The molecule has 0 aromatic heterocycles. The normalized spacial score (nSPS) is 27.6. The molecule has 2 rings (SSSR count). The van der Waals surface area contributed by atoms with Crippen molar-refractivity contribution in [2.24, 2.45) is 11.8 Å². The van der Waals surface area contributed by atoms with Crippen molar-refractivity contribution in [3.8, 4) is 0 Å². The first-order chi connectivity index (χ1) is 9.99. The molecular weight excluding hydrogens is 270 g/mol. The van der Waals surface area contributed by atoms with Crippen LogP contribution in [0.3, 0.4) is 0 Å². The molecule has 2 aliphatic heterocycles. The second kappa shape index (κ2) is 7.11. The Morgan fingerprint density at radius 3 is 2.10 bits per heavy atom. The summed E-state index contributed by atoms with van der Waals surface area (Å²) in [6.45, 7) is 9.39. The minimum Gasteiger partial charge on any atom is -0.453 e. The van der Waals surface area contributed by atoms with Crippen molar-refractivity contribution in [1.82, 2.24) is 14.7 Å². The number of carbonyl (C=O) groups is 2. The number of amides is 2. The Balaban J connectivity index is 1.78. The summed E-state index contributed by atoms with van der Waals surface area (Å²) < 4.78 is 4.72. The van der Waals surface area contributed by atoms with Gasteiger partial charge in [0.1, 0.15) is 0 Å². The highest BCUT2D eigenvalue weighted by Crippen LogP contribution is 2.21. The van der Waals surface area contributed by atoms with E-state index in [1.54, 1.807) is 4.90 Å². The van der Waals surface area contributed by atoms with Gasteiger partial charge in [0.25, 0.3) is 0 Å². The summed E-state index contributed by atoms with van der Waals surface area (Å²) in [6.07, 6.45) is 0.932. The lowest BCUT2D eigenvalue weighted by Gasteiger charge is -2.38. The summed E-state index contributed by atoms with van der Waals surface area (Å²) in [5, 5.41) is 0. The number of hydrogen-bond donors (Lipinski definition) is 0.